The number of para-hydroxylation sites is 2. The van der Waals surface area contributed by atoms with E-state index in [9.17, 15) is 9.59 Å². The summed E-state index contributed by atoms with van der Waals surface area (Å²) >= 11 is 0. The van der Waals surface area contributed by atoms with E-state index < -0.39 is 0 Å². The van der Waals surface area contributed by atoms with Crippen LogP contribution in [0.15, 0.2) is 48.5 Å². The number of hydrogen-bond acceptors (Lipinski definition) is 4. The Morgan fingerprint density at radius 2 is 1.21 bits per heavy atom. The van der Waals surface area contributed by atoms with Crippen molar-refractivity contribution in [2.45, 2.75) is 45.4 Å². The van der Waals surface area contributed by atoms with Gasteiger partial charge in [-0.2, -0.15) is 0 Å². The SMILES string of the molecule is CCCCCCOc1ccccc1OCCCCN1C(=O)c2ccccc2C1=O. The Bertz CT molecular complexity index is 798. The van der Waals surface area contributed by atoms with E-state index in [1.807, 2.05) is 24.3 Å². The summed E-state index contributed by atoms with van der Waals surface area (Å²) in [5, 5.41) is 0. The Balaban J connectivity index is 1.40. The van der Waals surface area contributed by atoms with Crippen LogP contribution in [0, 0.1) is 0 Å². The quantitative estimate of drug-likeness (QED) is 0.371. The van der Waals surface area contributed by atoms with Crippen LogP contribution < -0.4 is 9.47 Å². The van der Waals surface area contributed by atoms with E-state index in [1.54, 1.807) is 24.3 Å². The first-order valence-electron chi connectivity index (χ1n) is 10.5. The zero-order valence-corrected chi connectivity index (χ0v) is 17.1. The number of benzene rings is 2. The molecule has 0 spiro atoms. The van der Waals surface area contributed by atoms with Crippen LogP contribution in [0.5, 0.6) is 11.5 Å². The second-order valence-corrected chi connectivity index (χ2v) is 7.22. The van der Waals surface area contributed by atoms with Crippen molar-refractivity contribution in [2.75, 3.05) is 19.8 Å². The van der Waals surface area contributed by atoms with Crippen molar-refractivity contribution >= 4 is 11.8 Å². The fourth-order valence-corrected chi connectivity index (χ4v) is 3.40. The molecule has 0 aromatic heterocycles. The molecule has 0 bridgehead atoms. The number of rotatable bonds is 12. The highest BCUT2D eigenvalue weighted by atomic mass is 16.5. The van der Waals surface area contributed by atoms with Gasteiger partial charge in [0.2, 0.25) is 0 Å². The Morgan fingerprint density at radius 3 is 1.76 bits per heavy atom. The van der Waals surface area contributed by atoms with Crippen LogP contribution in [-0.2, 0) is 0 Å². The number of amides is 2. The van der Waals surface area contributed by atoms with Gasteiger partial charge < -0.3 is 9.47 Å². The lowest BCUT2D eigenvalue weighted by molar-refractivity contribution is 0.0649. The number of carbonyl (C=O) groups is 2. The molecule has 5 heteroatoms. The van der Waals surface area contributed by atoms with Gasteiger partial charge in [0.15, 0.2) is 11.5 Å². The number of unbranched alkanes of at least 4 members (excludes halogenated alkanes) is 4. The van der Waals surface area contributed by atoms with Gasteiger partial charge in [-0.3, -0.25) is 14.5 Å². The molecule has 1 heterocycles. The van der Waals surface area contributed by atoms with Crippen molar-refractivity contribution in [2.24, 2.45) is 0 Å². The Kier molecular flexibility index (Phi) is 7.68. The van der Waals surface area contributed by atoms with Gasteiger partial charge in [-0.05, 0) is 43.5 Å². The van der Waals surface area contributed by atoms with Gasteiger partial charge in [0, 0.05) is 6.54 Å². The molecule has 0 saturated heterocycles. The standard InChI is InChI=1S/C24H29NO4/c1-2-3-4-10-17-28-21-14-7-8-15-22(21)29-18-11-9-16-25-23(26)19-12-5-6-13-20(19)24(25)27/h5-8,12-15H,2-4,9-11,16-18H2,1H3. The molecule has 0 radical (unpaired) electrons. The van der Waals surface area contributed by atoms with E-state index in [-0.39, 0.29) is 11.8 Å². The van der Waals surface area contributed by atoms with Gasteiger partial charge in [0.05, 0.1) is 24.3 Å². The average Bonchev–Trinajstić information content (AvgIpc) is 2.99. The zero-order valence-electron chi connectivity index (χ0n) is 17.1. The Hall–Kier alpha value is -2.82. The van der Waals surface area contributed by atoms with E-state index in [4.69, 9.17) is 9.47 Å². The summed E-state index contributed by atoms with van der Waals surface area (Å²) in [6, 6.07) is 14.7. The van der Waals surface area contributed by atoms with Gasteiger partial charge in [-0.25, -0.2) is 0 Å². The fraction of sp³-hybridized carbons (Fsp3) is 0.417. The lowest BCUT2D eigenvalue weighted by Gasteiger charge is -2.15. The van der Waals surface area contributed by atoms with Crippen molar-refractivity contribution in [1.82, 2.24) is 4.90 Å². The fourth-order valence-electron chi connectivity index (χ4n) is 3.40. The maximum absolute atomic E-state index is 12.4. The minimum absolute atomic E-state index is 0.201. The van der Waals surface area contributed by atoms with Crippen molar-refractivity contribution in [3.8, 4) is 11.5 Å². The molecule has 2 aromatic rings. The molecule has 0 atom stereocenters. The van der Waals surface area contributed by atoms with Gasteiger partial charge in [0.1, 0.15) is 0 Å². The molecular formula is C24H29NO4. The largest absolute Gasteiger partial charge is 0.490 e. The number of fused-ring (bicyclic) bond motifs is 1. The number of hydrogen-bond donors (Lipinski definition) is 0. The van der Waals surface area contributed by atoms with Gasteiger partial charge in [-0.1, -0.05) is 50.5 Å². The minimum Gasteiger partial charge on any atom is -0.490 e. The first-order chi connectivity index (χ1) is 14.2. The third kappa shape index (κ3) is 5.37. The lowest BCUT2D eigenvalue weighted by atomic mass is 10.1. The van der Waals surface area contributed by atoms with Crippen molar-refractivity contribution in [3.63, 3.8) is 0 Å². The van der Waals surface area contributed by atoms with Crippen molar-refractivity contribution < 1.29 is 19.1 Å². The van der Waals surface area contributed by atoms with Crippen LogP contribution in [0.3, 0.4) is 0 Å². The maximum atomic E-state index is 12.4. The highest BCUT2D eigenvalue weighted by Gasteiger charge is 2.34. The summed E-state index contributed by atoms with van der Waals surface area (Å²) in [5.74, 6) is 1.11. The highest BCUT2D eigenvalue weighted by molar-refractivity contribution is 6.21. The summed E-state index contributed by atoms with van der Waals surface area (Å²) in [4.78, 5) is 26.1. The molecule has 29 heavy (non-hydrogen) atoms. The van der Waals surface area contributed by atoms with Crippen LogP contribution >= 0.6 is 0 Å². The Morgan fingerprint density at radius 1 is 0.690 bits per heavy atom. The monoisotopic (exact) mass is 395 g/mol. The van der Waals surface area contributed by atoms with Crippen molar-refractivity contribution in [3.05, 3.63) is 59.7 Å². The van der Waals surface area contributed by atoms with Crippen LogP contribution in [0.1, 0.15) is 66.2 Å². The predicted molar refractivity (Wildman–Crippen MR) is 113 cm³/mol. The summed E-state index contributed by atoms with van der Waals surface area (Å²) in [6.07, 6.45) is 6.11. The topological polar surface area (TPSA) is 55.8 Å². The lowest BCUT2D eigenvalue weighted by Crippen LogP contribution is -2.30. The molecule has 2 amide bonds. The molecule has 154 valence electrons. The third-order valence-electron chi connectivity index (χ3n) is 5.02. The average molecular weight is 395 g/mol. The van der Waals surface area contributed by atoms with Gasteiger partial charge in [-0.15, -0.1) is 0 Å². The smallest absolute Gasteiger partial charge is 0.261 e. The molecule has 0 saturated carbocycles. The normalized spacial score (nSPS) is 12.9. The molecule has 0 unspecified atom stereocenters. The summed E-state index contributed by atoms with van der Waals surface area (Å²) < 4.78 is 11.7. The summed E-state index contributed by atoms with van der Waals surface area (Å²) in [6.45, 7) is 3.81. The van der Waals surface area contributed by atoms with Crippen LogP contribution in [0.2, 0.25) is 0 Å². The number of carbonyl (C=O) groups excluding carboxylic acids is 2. The van der Waals surface area contributed by atoms with E-state index in [1.165, 1.54) is 24.2 Å². The molecule has 0 N–H and O–H groups in total. The molecule has 1 aliphatic heterocycles. The first kappa shape index (κ1) is 20.9. The third-order valence-corrected chi connectivity index (χ3v) is 5.02. The molecule has 0 fully saturated rings. The Labute approximate surface area is 172 Å². The van der Waals surface area contributed by atoms with E-state index in [0.29, 0.717) is 37.3 Å². The van der Waals surface area contributed by atoms with E-state index >= 15 is 0 Å². The second-order valence-electron chi connectivity index (χ2n) is 7.22. The molecule has 1 aliphatic rings. The summed E-state index contributed by atoms with van der Waals surface area (Å²) in [5.41, 5.74) is 0.998. The molecule has 2 aromatic carbocycles. The van der Waals surface area contributed by atoms with Crippen LogP contribution in [0.4, 0.5) is 0 Å². The van der Waals surface area contributed by atoms with E-state index in [2.05, 4.69) is 6.92 Å². The number of nitrogens with zero attached hydrogens (tertiary/aromatic N) is 1. The minimum atomic E-state index is -0.201. The van der Waals surface area contributed by atoms with Crippen LogP contribution in [-0.4, -0.2) is 36.5 Å². The van der Waals surface area contributed by atoms with Crippen LogP contribution in [0.25, 0.3) is 0 Å². The van der Waals surface area contributed by atoms with Gasteiger partial charge in [0.25, 0.3) is 11.8 Å². The maximum Gasteiger partial charge on any atom is 0.261 e. The number of imide groups is 1. The zero-order chi connectivity index (χ0) is 20.5. The van der Waals surface area contributed by atoms with Crippen molar-refractivity contribution in [1.29, 1.82) is 0 Å². The number of ether oxygens (including phenoxy) is 2. The molecular weight excluding hydrogens is 366 g/mol. The van der Waals surface area contributed by atoms with Gasteiger partial charge >= 0.3 is 0 Å². The molecule has 5 nitrogen and oxygen atoms in total. The first-order valence-corrected chi connectivity index (χ1v) is 10.5. The molecule has 3 rings (SSSR count). The summed E-state index contributed by atoms with van der Waals surface area (Å²) in [7, 11) is 0. The predicted octanol–water partition coefficient (Wildman–Crippen LogP) is 5.10. The second kappa shape index (κ2) is 10.6. The van der Waals surface area contributed by atoms with E-state index in [0.717, 1.165) is 24.3 Å². The highest BCUT2D eigenvalue weighted by Crippen LogP contribution is 2.27. The molecule has 0 aliphatic carbocycles.